The van der Waals surface area contributed by atoms with E-state index in [9.17, 15) is 9.59 Å². The highest BCUT2D eigenvalue weighted by atomic mass is 35.5. The largest absolute Gasteiger partial charge is 0.497 e. The van der Waals surface area contributed by atoms with Crippen molar-refractivity contribution in [1.82, 2.24) is 4.90 Å². The number of nitrogens with zero attached hydrogens (tertiary/aromatic N) is 1. The Morgan fingerprint density at radius 1 is 1.17 bits per heavy atom. The van der Waals surface area contributed by atoms with Crippen LogP contribution in [0.5, 0.6) is 11.5 Å². The summed E-state index contributed by atoms with van der Waals surface area (Å²) in [6.07, 6.45) is 0.936. The predicted molar refractivity (Wildman–Crippen MR) is 118 cm³/mol. The summed E-state index contributed by atoms with van der Waals surface area (Å²) in [4.78, 5) is 26.7. The number of hydrogen-bond donors (Lipinski definition) is 2. The van der Waals surface area contributed by atoms with Gasteiger partial charge >= 0.3 is 0 Å². The molecule has 30 heavy (non-hydrogen) atoms. The van der Waals surface area contributed by atoms with Crippen LogP contribution in [0.4, 0.5) is 5.69 Å². The van der Waals surface area contributed by atoms with Gasteiger partial charge in [-0.2, -0.15) is 0 Å². The average Bonchev–Trinajstić information content (AvgIpc) is 3.13. The molecule has 1 fully saturated rings. The molecule has 1 saturated heterocycles. The third-order valence-corrected chi connectivity index (χ3v) is 5.08. The SMILES string of the molecule is COc1cccc(NC(=O)COc2ccc(C(=O)N3CC(CN)CC3C)cc2)c1.Cl. The smallest absolute Gasteiger partial charge is 0.262 e. The molecule has 0 aliphatic carbocycles. The summed E-state index contributed by atoms with van der Waals surface area (Å²) in [7, 11) is 1.57. The molecular formula is C22H28ClN3O4. The fourth-order valence-corrected chi connectivity index (χ4v) is 3.50. The van der Waals surface area contributed by atoms with E-state index in [1.807, 2.05) is 11.8 Å². The summed E-state index contributed by atoms with van der Waals surface area (Å²) >= 11 is 0. The molecule has 0 bridgehead atoms. The van der Waals surface area contributed by atoms with Crippen molar-refractivity contribution in [2.45, 2.75) is 19.4 Å². The Balaban J connectivity index is 0.00000320. The topological polar surface area (TPSA) is 93.9 Å². The number of rotatable bonds is 7. The maximum Gasteiger partial charge on any atom is 0.262 e. The number of carbonyl (C=O) groups is 2. The Kier molecular flexibility index (Phi) is 8.50. The summed E-state index contributed by atoms with van der Waals surface area (Å²) < 4.78 is 10.7. The standard InChI is InChI=1S/C22H27N3O4.ClH/c1-15-10-16(12-23)13-25(15)22(27)17-6-8-19(9-7-17)29-14-21(26)24-18-4-3-5-20(11-18)28-2;/h3-9,11,15-16H,10,12-14,23H2,1-2H3,(H,24,26);1H. The fourth-order valence-electron chi connectivity index (χ4n) is 3.50. The third kappa shape index (κ3) is 5.87. The summed E-state index contributed by atoms with van der Waals surface area (Å²) in [5.41, 5.74) is 6.98. The van der Waals surface area contributed by atoms with Gasteiger partial charge in [-0.3, -0.25) is 9.59 Å². The van der Waals surface area contributed by atoms with Crippen LogP contribution in [0.2, 0.25) is 0 Å². The van der Waals surface area contributed by atoms with Crippen molar-refractivity contribution >= 4 is 29.9 Å². The number of halogens is 1. The van der Waals surface area contributed by atoms with Gasteiger partial charge in [0.15, 0.2) is 6.61 Å². The molecule has 162 valence electrons. The van der Waals surface area contributed by atoms with E-state index >= 15 is 0 Å². The molecule has 1 aliphatic heterocycles. The van der Waals surface area contributed by atoms with Crippen LogP contribution in [0.3, 0.4) is 0 Å². The van der Waals surface area contributed by atoms with E-state index < -0.39 is 0 Å². The zero-order valence-corrected chi connectivity index (χ0v) is 18.0. The monoisotopic (exact) mass is 433 g/mol. The minimum absolute atomic E-state index is 0. The summed E-state index contributed by atoms with van der Waals surface area (Å²) in [5, 5.41) is 2.75. The Morgan fingerprint density at radius 3 is 2.53 bits per heavy atom. The number of ether oxygens (including phenoxy) is 2. The summed E-state index contributed by atoms with van der Waals surface area (Å²) in [6, 6.07) is 14.1. The van der Waals surface area contributed by atoms with Gasteiger partial charge in [-0.1, -0.05) is 6.07 Å². The molecule has 0 spiro atoms. The highest BCUT2D eigenvalue weighted by molar-refractivity contribution is 5.95. The molecule has 8 heteroatoms. The van der Waals surface area contributed by atoms with E-state index in [1.54, 1.807) is 55.6 Å². The molecule has 2 amide bonds. The molecule has 0 radical (unpaired) electrons. The molecule has 3 N–H and O–H groups in total. The van der Waals surface area contributed by atoms with Gasteiger partial charge in [0.25, 0.3) is 11.8 Å². The van der Waals surface area contributed by atoms with Gasteiger partial charge in [0, 0.05) is 29.9 Å². The van der Waals surface area contributed by atoms with Crippen molar-refractivity contribution in [3.63, 3.8) is 0 Å². The number of likely N-dealkylation sites (tertiary alicyclic amines) is 1. The van der Waals surface area contributed by atoms with Crippen molar-refractivity contribution in [3.8, 4) is 11.5 Å². The Hall–Kier alpha value is -2.77. The number of amides is 2. The molecule has 2 aromatic carbocycles. The number of nitrogens with two attached hydrogens (primary N) is 1. The van der Waals surface area contributed by atoms with E-state index in [-0.39, 0.29) is 36.9 Å². The van der Waals surface area contributed by atoms with E-state index in [0.717, 1.165) is 6.42 Å². The zero-order valence-electron chi connectivity index (χ0n) is 17.2. The third-order valence-electron chi connectivity index (χ3n) is 5.08. The van der Waals surface area contributed by atoms with Crippen LogP contribution < -0.4 is 20.5 Å². The van der Waals surface area contributed by atoms with Crippen molar-refractivity contribution in [2.75, 3.05) is 32.1 Å². The minimum Gasteiger partial charge on any atom is -0.497 e. The molecular weight excluding hydrogens is 406 g/mol. The molecule has 0 saturated carbocycles. The molecule has 3 rings (SSSR count). The maximum absolute atomic E-state index is 12.7. The quantitative estimate of drug-likeness (QED) is 0.700. The Bertz CT molecular complexity index is 860. The van der Waals surface area contributed by atoms with Gasteiger partial charge in [-0.15, -0.1) is 12.4 Å². The number of carbonyl (C=O) groups excluding carboxylic acids is 2. The van der Waals surface area contributed by atoms with Crippen molar-refractivity contribution in [3.05, 3.63) is 54.1 Å². The van der Waals surface area contributed by atoms with E-state index in [1.165, 1.54) is 0 Å². The number of anilines is 1. The van der Waals surface area contributed by atoms with Crippen LogP contribution in [-0.4, -0.2) is 49.6 Å². The predicted octanol–water partition coefficient (Wildman–Crippen LogP) is 2.94. The molecule has 1 aliphatic rings. The Labute approximate surface area is 182 Å². The lowest BCUT2D eigenvalue weighted by Crippen LogP contribution is -2.34. The zero-order chi connectivity index (χ0) is 20.8. The van der Waals surface area contributed by atoms with Crippen LogP contribution in [0.25, 0.3) is 0 Å². The van der Waals surface area contributed by atoms with Gasteiger partial charge in [0.05, 0.1) is 7.11 Å². The van der Waals surface area contributed by atoms with Crippen molar-refractivity contribution in [2.24, 2.45) is 11.7 Å². The average molecular weight is 434 g/mol. The molecule has 2 atom stereocenters. The number of benzene rings is 2. The van der Waals surface area contributed by atoms with E-state index in [2.05, 4.69) is 5.32 Å². The van der Waals surface area contributed by atoms with Gasteiger partial charge in [-0.05, 0) is 62.2 Å². The van der Waals surface area contributed by atoms with Gasteiger partial charge in [-0.25, -0.2) is 0 Å². The number of hydrogen-bond acceptors (Lipinski definition) is 5. The molecule has 2 unspecified atom stereocenters. The first-order chi connectivity index (χ1) is 14.0. The first kappa shape index (κ1) is 23.5. The molecule has 0 aromatic heterocycles. The van der Waals surface area contributed by atoms with Crippen LogP contribution in [-0.2, 0) is 4.79 Å². The van der Waals surface area contributed by atoms with E-state index in [4.69, 9.17) is 15.2 Å². The summed E-state index contributed by atoms with van der Waals surface area (Å²) in [5.74, 6) is 1.26. The van der Waals surface area contributed by atoms with Crippen molar-refractivity contribution in [1.29, 1.82) is 0 Å². The lowest BCUT2D eigenvalue weighted by atomic mass is 10.1. The van der Waals surface area contributed by atoms with Crippen LogP contribution in [0.1, 0.15) is 23.7 Å². The molecule has 2 aromatic rings. The van der Waals surface area contributed by atoms with Crippen LogP contribution in [0.15, 0.2) is 48.5 Å². The highest BCUT2D eigenvalue weighted by Gasteiger charge is 2.32. The lowest BCUT2D eigenvalue weighted by Gasteiger charge is -2.21. The fraction of sp³-hybridized carbons (Fsp3) is 0.364. The van der Waals surface area contributed by atoms with E-state index in [0.29, 0.717) is 41.8 Å². The second-order valence-electron chi connectivity index (χ2n) is 7.24. The number of methoxy groups -OCH3 is 1. The van der Waals surface area contributed by atoms with Gasteiger partial charge in [0.2, 0.25) is 0 Å². The molecule has 7 nitrogen and oxygen atoms in total. The normalized spacial score (nSPS) is 17.8. The van der Waals surface area contributed by atoms with Gasteiger partial charge in [0.1, 0.15) is 11.5 Å². The van der Waals surface area contributed by atoms with Crippen LogP contribution >= 0.6 is 12.4 Å². The maximum atomic E-state index is 12.7. The second-order valence-corrected chi connectivity index (χ2v) is 7.24. The second kappa shape index (κ2) is 10.8. The highest BCUT2D eigenvalue weighted by Crippen LogP contribution is 2.25. The van der Waals surface area contributed by atoms with Gasteiger partial charge < -0.3 is 25.4 Å². The van der Waals surface area contributed by atoms with Crippen molar-refractivity contribution < 1.29 is 19.1 Å². The first-order valence-corrected chi connectivity index (χ1v) is 9.68. The first-order valence-electron chi connectivity index (χ1n) is 9.68. The van der Waals surface area contributed by atoms with Crippen LogP contribution in [0, 0.1) is 5.92 Å². The minimum atomic E-state index is -0.280. The Morgan fingerprint density at radius 2 is 1.90 bits per heavy atom. The molecule has 1 heterocycles. The lowest BCUT2D eigenvalue weighted by molar-refractivity contribution is -0.118. The summed E-state index contributed by atoms with van der Waals surface area (Å²) in [6.45, 7) is 3.20. The number of nitrogens with one attached hydrogen (secondary N) is 1.